The maximum Gasteiger partial charge on any atom is 0.217 e. The van der Waals surface area contributed by atoms with Gasteiger partial charge in [-0.15, -0.1) is 0 Å². The fourth-order valence-electron chi connectivity index (χ4n) is 2.54. The molecule has 0 atom stereocenters. The van der Waals surface area contributed by atoms with Crippen molar-refractivity contribution < 1.29 is 14.2 Å². The first-order valence-corrected chi connectivity index (χ1v) is 6.77. The summed E-state index contributed by atoms with van der Waals surface area (Å²) in [5.41, 5.74) is 1.87. The zero-order valence-corrected chi connectivity index (χ0v) is 12.3. The summed E-state index contributed by atoms with van der Waals surface area (Å²) >= 11 is 0. The lowest BCUT2D eigenvalue weighted by atomic mass is 9.95. The van der Waals surface area contributed by atoms with Gasteiger partial charge >= 0.3 is 0 Å². The normalized spacial score (nSPS) is 16.4. The molecule has 0 spiro atoms. The van der Waals surface area contributed by atoms with Crippen molar-refractivity contribution >= 4 is 10.9 Å². The molecule has 1 aliphatic heterocycles. The standard InChI is InChI=1S/C16H19NO3/c1-16(2)6-5-10-7-11-8-13(18-3)14(19-4)9-12(11)17-15(10)20-16/h7-9H,5-6H2,1-4H3. The highest BCUT2D eigenvalue weighted by Gasteiger charge is 2.28. The maximum atomic E-state index is 5.97. The first-order chi connectivity index (χ1) is 9.52. The number of aryl methyl sites for hydroxylation is 1. The number of rotatable bonds is 2. The second kappa shape index (κ2) is 4.54. The van der Waals surface area contributed by atoms with Crippen LogP contribution < -0.4 is 14.2 Å². The Morgan fingerprint density at radius 2 is 1.80 bits per heavy atom. The average Bonchev–Trinajstić information content (AvgIpc) is 2.42. The van der Waals surface area contributed by atoms with Crippen molar-refractivity contribution in [2.24, 2.45) is 0 Å². The number of nitrogens with zero attached hydrogens (tertiary/aromatic N) is 1. The topological polar surface area (TPSA) is 40.6 Å². The first-order valence-electron chi connectivity index (χ1n) is 6.77. The molecule has 0 N–H and O–H groups in total. The molecule has 0 aliphatic carbocycles. The molecule has 0 amide bonds. The summed E-state index contributed by atoms with van der Waals surface area (Å²) in [7, 11) is 3.27. The highest BCUT2D eigenvalue weighted by atomic mass is 16.5. The maximum absolute atomic E-state index is 5.97. The van der Waals surface area contributed by atoms with Gasteiger partial charge in [-0.3, -0.25) is 0 Å². The molecule has 0 saturated heterocycles. The van der Waals surface area contributed by atoms with Gasteiger partial charge in [-0.05, 0) is 38.8 Å². The number of benzene rings is 1. The van der Waals surface area contributed by atoms with Gasteiger partial charge in [0, 0.05) is 17.0 Å². The second-order valence-electron chi connectivity index (χ2n) is 5.71. The van der Waals surface area contributed by atoms with Crippen LogP contribution in [0, 0.1) is 0 Å². The Kier molecular flexibility index (Phi) is 2.96. The molecule has 0 bridgehead atoms. The van der Waals surface area contributed by atoms with Crippen molar-refractivity contribution in [2.45, 2.75) is 32.3 Å². The van der Waals surface area contributed by atoms with Gasteiger partial charge in [0.2, 0.25) is 5.88 Å². The molecule has 2 aromatic rings. The van der Waals surface area contributed by atoms with E-state index in [-0.39, 0.29) is 5.60 Å². The lowest BCUT2D eigenvalue weighted by Crippen LogP contribution is -2.33. The highest BCUT2D eigenvalue weighted by molar-refractivity contribution is 5.84. The molecule has 1 aromatic carbocycles. The molecule has 1 aromatic heterocycles. The van der Waals surface area contributed by atoms with Crippen molar-refractivity contribution in [3.05, 3.63) is 23.8 Å². The van der Waals surface area contributed by atoms with Crippen LogP contribution in [0.5, 0.6) is 17.4 Å². The fourth-order valence-corrected chi connectivity index (χ4v) is 2.54. The highest BCUT2D eigenvalue weighted by Crippen LogP contribution is 2.37. The van der Waals surface area contributed by atoms with Crippen LogP contribution in [0.15, 0.2) is 18.2 Å². The van der Waals surface area contributed by atoms with Crippen LogP contribution in [-0.4, -0.2) is 24.8 Å². The molecule has 0 fully saturated rings. The van der Waals surface area contributed by atoms with Crippen molar-refractivity contribution in [1.82, 2.24) is 4.98 Å². The number of pyridine rings is 1. The number of methoxy groups -OCH3 is 2. The summed E-state index contributed by atoms with van der Waals surface area (Å²) in [4.78, 5) is 4.64. The van der Waals surface area contributed by atoms with E-state index in [9.17, 15) is 0 Å². The Morgan fingerprint density at radius 1 is 1.10 bits per heavy atom. The van der Waals surface area contributed by atoms with E-state index in [0.717, 1.165) is 40.9 Å². The van der Waals surface area contributed by atoms with E-state index in [2.05, 4.69) is 24.9 Å². The van der Waals surface area contributed by atoms with Crippen LogP contribution >= 0.6 is 0 Å². The van der Waals surface area contributed by atoms with Gasteiger partial charge in [-0.1, -0.05) is 0 Å². The third-order valence-corrected chi connectivity index (χ3v) is 3.73. The minimum Gasteiger partial charge on any atom is -0.493 e. The molecule has 20 heavy (non-hydrogen) atoms. The summed E-state index contributed by atoms with van der Waals surface area (Å²) in [6.07, 6.45) is 1.99. The number of fused-ring (bicyclic) bond motifs is 2. The SMILES string of the molecule is COc1cc2cc3c(nc2cc1OC)OC(C)(C)CC3. The molecule has 4 heteroatoms. The lowest BCUT2D eigenvalue weighted by Gasteiger charge is -2.31. The Bertz CT molecular complexity index is 664. The van der Waals surface area contributed by atoms with E-state index in [1.807, 2.05) is 12.1 Å². The fraction of sp³-hybridized carbons (Fsp3) is 0.438. The Balaban J connectivity index is 2.16. The van der Waals surface area contributed by atoms with Crippen LogP contribution in [0.4, 0.5) is 0 Å². The number of hydrogen-bond donors (Lipinski definition) is 0. The molecule has 1 aliphatic rings. The Labute approximate surface area is 118 Å². The summed E-state index contributed by atoms with van der Waals surface area (Å²) in [5, 5.41) is 1.05. The summed E-state index contributed by atoms with van der Waals surface area (Å²) in [6.45, 7) is 4.19. The molecule has 3 rings (SSSR count). The average molecular weight is 273 g/mol. The van der Waals surface area contributed by atoms with Gasteiger partial charge < -0.3 is 14.2 Å². The van der Waals surface area contributed by atoms with Gasteiger partial charge in [-0.25, -0.2) is 4.98 Å². The Morgan fingerprint density at radius 3 is 2.50 bits per heavy atom. The smallest absolute Gasteiger partial charge is 0.217 e. The minimum absolute atomic E-state index is 0.149. The third kappa shape index (κ3) is 2.15. The van der Waals surface area contributed by atoms with E-state index < -0.39 is 0 Å². The van der Waals surface area contributed by atoms with Crippen LogP contribution in [0.25, 0.3) is 10.9 Å². The van der Waals surface area contributed by atoms with E-state index in [0.29, 0.717) is 5.75 Å². The lowest BCUT2D eigenvalue weighted by molar-refractivity contribution is 0.0789. The minimum atomic E-state index is -0.149. The van der Waals surface area contributed by atoms with Crippen molar-refractivity contribution in [2.75, 3.05) is 14.2 Å². The molecule has 0 unspecified atom stereocenters. The molecule has 0 radical (unpaired) electrons. The van der Waals surface area contributed by atoms with Crippen molar-refractivity contribution in [3.8, 4) is 17.4 Å². The van der Waals surface area contributed by atoms with E-state index >= 15 is 0 Å². The zero-order valence-electron chi connectivity index (χ0n) is 12.3. The molecule has 2 heterocycles. The number of ether oxygens (including phenoxy) is 3. The monoisotopic (exact) mass is 273 g/mol. The summed E-state index contributed by atoms with van der Waals surface area (Å²) in [6, 6.07) is 5.98. The predicted octanol–water partition coefficient (Wildman–Crippen LogP) is 3.36. The second-order valence-corrected chi connectivity index (χ2v) is 5.71. The van der Waals surface area contributed by atoms with Crippen molar-refractivity contribution in [3.63, 3.8) is 0 Å². The molecule has 0 saturated carbocycles. The van der Waals surface area contributed by atoms with Gasteiger partial charge in [0.1, 0.15) is 5.60 Å². The molecular formula is C16H19NO3. The zero-order chi connectivity index (χ0) is 14.3. The van der Waals surface area contributed by atoms with Crippen molar-refractivity contribution in [1.29, 1.82) is 0 Å². The Hall–Kier alpha value is -1.97. The summed E-state index contributed by atoms with van der Waals surface area (Å²) in [5.74, 6) is 2.14. The number of hydrogen-bond acceptors (Lipinski definition) is 4. The van der Waals surface area contributed by atoms with Crippen LogP contribution in [0.3, 0.4) is 0 Å². The molecule has 4 nitrogen and oxygen atoms in total. The predicted molar refractivity (Wildman–Crippen MR) is 77.9 cm³/mol. The molecular weight excluding hydrogens is 254 g/mol. The van der Waals surface area contributed by atoms with E-state index in [1.165, 1.54) is 0 Å². The summed E-state index contributed by atoms with van der Waals surface area (Å²) < 4.78 is 16.6. The molecule has 106 valence electrons. The number of aromatic nitrogens is 1. The third-order valence-electron chi connectivity index (χ3n) is 3.73. The van der Waals surface area contributed by atoms with E-state index in [1.54, 1.807) is 14.2 Å². The van der Waals surface area contributed by atoms with Crippen LogP contribution in [-0.2, 0) is 6.42 Å². The van der Waals surface area contributed by atoms with Crippen LogP contribution in [0.2, 0.25) is 0 Å². The quantitative estimate of drug-likeness (QED) is 0.841. The van der Waals surface area contributed by atoms with Gasteiger partial charge in [-0.2, -0.15) is 0 Å². The van der Waals surface area contributed by atoms with Gasteiger partial charge in [0.15, 0.2) is 11.5 Å². The van der Waals surface area contributed by atoms with Crippen LogP contribution in [0.1, 0.15) is 25.8 Å². The van der Waals surface area contributed by atoms with E-state index in [4.69, 9.17) is 14.2 Å². The first kappa shape index (κ1) is 13.0. The largest absolute Gasteiger partial charge is 0.493 e. The van der Waals surface area contributed by atoms with Gasteiger partial charge in [0.25, 0.3) is 0 Å². The van der Waals surface area contributed by atoms with Gasteiger partial charge in [0.05, 0.1) is 19.7 Å².